The van der Waals surface area contributed by atoms with E-state index in [4.69, 9.17) is 9.84 Å². The Balaban J connectivity index is 1.41. The van der Waals surface area contributed by atoms with Gasteiger partial charge >= 0.3 is 230 Å². The second-order valence-corrected chi connectivity index (χ2v) is 11.9. The van der Waals surface area contributed by atoms with Gasteiger partial charge in [0.05, 0.1) is 0 Å². The van der Waals surface area contributed by atoms with Gasteiger partial charge in [-0.05, 0) is 0 Å². The summed E-state index contributed by atoms with van der Waals surface area (Å²) in [4.78, 5) is 13.6. The predicted molar refractivity (Wildman–Crippen MR) is 143 cm³/mol. The van der Waals surface area contributed by atoms with Crippen molar-refractivity contribution >= 4 is 42.4 Å². The molecule has 4 heterocycles. The Kier molecular flexibility index (Phi) is 7.67. The normalized spacial score (nSPS) is 20.9. The van der Waals surface area contributed by atoms with Gasteiger partial charge in [-0.25, -0.2) is 0 Å². The van der Waals surface area contributed by atoms with E-state index in [2.05, 4.69) is 39.5 Å². The van der Waals surface area contributed by atoms with Crippen molar-refractivity contribution in [1.82, 2.24) is 14.5 Å². The number of nitrogens with one attached hydrogen (secondary N) is 2. The number of alkyl halides is 3. The summed E-state index contributed by atoms with van der Waals surface area (Å²) in [5, 5.41) is 15.9. The van der Waals surface area contributed by atoms with Crippen LogP contribution < -0.4 is 19.8 Å². The van der Waals surface area contributed by atoms with Gasteiger partial charge in [0.15, 0.2) is 0 Å². The zero-order valence-electron chi connectivity index (χ0n) is 21.4. The van der Waals surface area contributed by atoms with Gasteiger partial charge in [0.1, 0.15) is 0 Å². The monoisotopic (exact) mass is 607 g/mol. The van der Waals surface area contributed by atoms with Crippen LogP contribution in [0.5, 0.6) is 5.75 Å². The fourth-order valence-corrected chi connectivity index (χ4v) is 6.91. The first kappa shape index (κ1) is 27.2. The van der Waals surface area contributed by atoms with E-state index in [1.54, 1.807) is 22.7 Å². The minimum atomic E-state index is -4.36. The van der Waals surface area contributed by atoms with Crippen molar-refractivity contribution in [2.24, 2.45) is 0 Å². The van der Waals surface area contributed by atoms with Crippen molar-refractivity contribution in [2.45, 2.75) is 48.9 Å². The van der Waals surface area contributed by atoms with E-state index < -0.39 is 26.0 Å². The van der Waals surface area contributed by atoms with Crippen LogP contribution in [0.1, 0.15) is 41.7 Å². The Morgan fingerprint density at radius 1 is 1.23 bits per heavy atom. The summed E-state index contributed by atoms with van der Waals surface area (Å²) in [6, 6.07) is 10.8. The van der Waals surface area contributed by atoms with Gasteiger partial charge in [-0.2, -0.15) is 0 Å². The Labute approximate surface area is 230 Å². The molecular formula is C27H28F3N5O3Se. The number of fused-ring (bicyclic) bond motifs is 3. The first-order valence-electron chi connectivity index (χ1n) is 12.5. The molecule has 0 aliphatic carbocycles. The quantitative estimate of drug-likeness (QED) is 0.281. The first-order valence-corrected chi connectivity index (χ1v) is 14.3. The van der Waals surface area contributed by atoms with Crippen LogP contribution in [0.3, 0.4) is 0 Å². The first-order chi connectivity index (χ1) is 18.6. The molecule has 12 heteroatoms. The molecule has 2 fully saturated rings. The van der Waals surface area contributed by atoms with Gasteiger partial charge in [-0.1, -0.05) is 0 Å². The molecule has 206 valence electrons. The fraction of sp³-hybridized carbons (Fsp3) is 0.407. The molecule has 3 aromatic rings. The molecule has 2 aromatic heterocycles. The van der Waals surface area contributed by atoms with E-state index in [0.29, 0.717) is 34.9 Å². The van der Waals surface area contributed by atoms with Crippen molar-refractivity contribution < 1.29 is 27.8 Å². The number of aromatic nitrogens is 2. The van der Waals surface area contributed by atoms with Crippen LogP contribution in [0.15, 0.2) is 36.4 Å². The average Bonchev–Trinajstić information content (AvgIpc) is 3.34. The molecule has 2 bridgehead atoms. The molecule has 0 radical (unpaired) electrons. The molecule has 1 aromatic carbocycles. The SMILES string of the molecule is COc1cc(C(=O)O)ccc1NCC#Cc1nn2c(N[C@@H]3CC[C@@H]4CC[C@H]3N4C)cccc2c1[Se]C(F)(F)F. The maximum atomic E-state index is 13.6. The van der Waals surface area contributed by atoms with Gasteiger partial charge in [0, 0.05) is 0 Å². The van der Waals surface area contributed by atoms with E-state index in [0.717, 1.165) is 19.3 Å². The molecular weight excluding hydrogens is 578 g/mol. The number of hydrogen-bond acceptors (Lipinski definition) is 6. The number of hydrogen-bond donors (Lipinski definition) is 3. The number of rotatable bonds is 7. The second kappa shape index (κ2) is 11.0. The summed E-state index contributed by atoms with van der Waals surface area (Å²) in [6.07, 6.45) is 4.37. The number of piperidine rings is 1. The van der Waals surface area contributed by atoms with E-state index >= 15 is 0 Å². The zero-order chi connectivity index (χ0) is 27.7. The summed E-state index contributed by atoms with van der Waals surface area (Å²) in [6.45, 7) is 0.0947. The number of ether oxygens (including phenoxy) is 1. The topological polar surface area (TPSA) is 91.1 Å². The maximum absolute atomic E-state index is 13.6. The van der Waals surface area contributed by atoms with Crippen molar-refractivity contribution in [3.05, 3.63) is 47.7 Å². The molecule has 0 unspecified atom stereocenters. The number of halogens is 3. The number of carbonyl (C=O) groups is 1. The number of pyridine rings is 1. The van der Waals surface area contributed by atoms with Crippen LogP contribution in [0.25, 0.3) is 5.52 Å². The summed E-state index contributed by atoms with van der Waals surface area (Å²) < 4.78 is 47.6. The third kappa shape index (κ3) is 5.81. The fourth-order valence-electron chi connectivity index (χ4n) is 5.49. The Hall–Kier alpha value is -3.39. The van der Waals surface area contributed by atoms with Crippen molar-refractivity contribution in [3.8, 4) is 17.6 Å². The molecule has 8 nitrogen and oxygen atoms in total. The third-order valence-electron chi connectivity index (χ3n) is 7.36. The van der Waals surface area contributed by atoms with Crippen LogP contribution in [-0.2, 0) is 0 Å². The molecule has 2 aliphatic heterocycles. The Morgan fingerprint density at radius 3 is 2.77 bits per heavy atom. The van der Waals surface area contributed by atoms with Gasteiger partial charge in [-0.3, -0.25) is 0 Å². The van der Waals surface area contributed by atoms with Gasteiger partial charge in [-0.15, -0.1) is 0 Å². The summed E-state index contributed by atoms with van der Waals surface area (Å²) in [5.41, 5.74) is 1.08. The number of carboxylic acid groups (broad SMARTS) is 1. The molecule has 39 heavy (non-hydrogen) atoms. The average molecular weight is 607 g/mol. The zero-order valence-corrected chi connectivity index (χ0v) is 23.1. The van der Waals surface area contributed by atoms with E-state index in [-0.39, 0.29) is 28.3 Å². The number of nitrogens with zero attached hydrogens (tertiary/aromatic N) is 3. The van der Waals surface area contributed by atoms with Crippen molar-refractivity contribution in [2.75, 3.05) is 31.3 Å². The predicted octanol–water partition coefficient (Wildman–Crippen LogP) is 3.39. The number of benzene rings is 1. The van der Waals surface area contributed by atoms with E-state index in [9.17, 15) is 18.0 Å². The molecule has 3 atom stereocenters. The van der Waals surface area contributed by atoms with Crippen LogP contribution >= 0.6 is 0 Å². The summed E-state index contributed by atoms with van der Waals surface area (Å²) in [5.74, 6) is 5.59. The number of aromatic carboxylic acids is 1. The molecule has 0 saturated carbocycles. The van der Waals surface area contributed by atoms with Gasteiger partial charge in [0.2, 0.25) is 0 Å². The van der Waals surface area contributed by atoms with Gasteiger partial charge < -0.3 is 0 Å². The molecule has 3 N–H and O–H groups in total. The molecule has 0 amide bonds. The molecule has 2 saturated heterocycles. The molecule has 0 spiro atoms. The van der Waals surface area contributed by atoms with Crippen molar-refractivity contribution in [1.29, 1.82) is 0 Å². The van der Waals surface area contributed by atoms with Crippen LogP contribution in [0, 0.1) is 11.8 Å². The number of anilines is 2. The summed E-state index contributed by atoms with van der Waals surface area (Å²) in [7, 11) is 3.56. The number of methoxy groups -OCH3 is 1. The number of carboxylic acids is 1. The van der Waals surface area contributed by atoms with E-state index in [1.165, 1.54) is 25.7 Å². The van der Waals surface area contributed by atoms with Crippen LogP contribution in [-0.4, -0.2) is 84.4 Å². The van der Waals surface area contributed by atoms with Crippen LogP contribution in [0.2, 0.25) is 0 Å². The summed E-state index contributed by atoms with van der Waals surface area (Å²) >= 11 is -1.83. The van der Waals surface area contributed by atoms with Gasteiger partial charge in [0.25, 0.3) is 0 Å². The molecule has 2 aliphatic rings. The van der Waals surface area contributed by atoms with Crippen molar-refractivity contribution in [3.63, 3.8) is 0 Å². The third-order valence-corrected chi connectivity index (χ3v) is 9.11. The Bertz CT molecular complexity index is 1450. The van der Waals surface area contributed by atoms with Crippen LogP contribution in [0.4, 0.5) is 24.7 Å². The van der Waals surface area contributed by atoms with E-state index in [1.807, 2.05) is 6.07 Å². The molecule has 5 rings (SSSR count). The Morgan fingerprint density at radius 2 is 2.03 bits per heavy atom. The second-order valence-electron chi connectivity index (χ2n) is 9.60. The minimum absolute atomic E-state index is 0.0734. The standard InChI is InChI=1S/C27H28F3N5O3Se/c1-34-17-9-12-18(21(34)13-10-17)32-24-7-3-6-22-25(39-27(28,29)30)20(33-35(22)24)5-4-14-31-19-11-8-16(26(36)37)15-23(19)38-2/h3,6-8,11,15,17-18,21,31-32H,9-10,12-14H2,1-2H3,(H,36,37)/t17-,18-,21-/m1/s1. The number of likely N-dealkylation sites (N-methyl/N-ethyl adjacent to an activating group) is 1.